The smallest absolute Gasteiger partial charge is 0.320 e. The van der Waals surface area contributed by atoms with Gasteiger partial charge >= 0.3 is 5.97 Å². The Kier molecular flexibility index (Phi) is 3.02. The summed E-state index contributed by atoms with van der Waals surface area (Å²) in [7, 11) is 0. The summed E-state index contributed by atoms with van der Waals surface area (Å²) < 4.78 is 0. The summed E-state index contributed by atoms with van der Waals surface area (Å²) >= 11 is 1.64. The predicted octanol–water partition coefficient (Wildman–Crippen LogP) is 1.50. The number of aliphatic carboxylic acids is 1. The number of rotatable bonds is 3. The molecule has 1 unspecified atom stereocenters. The molecule has 15 heavy (non-hydrogen) atoms. The van der Waals surface area contributed by atoms with E-state index in [4.69, 9.17) is 5.11 Å². The van der Waals surface area contributed by atoms with Crippen molar-refractivity contribution in [1.82, 2.24) is 9.88 Å². The number of hydrogen-bond donors (Lipinski definition) is 1. The summed E-state index contributed by atoms with van der Waals surface area (Å²) in [4.78, 5) is 18.3. The molecule has 2 rings (SSSR count). The van der Waals surface area contributed by atoms with Gasteiger partial charge in [0.25, 0.3) is 0 Å². The van der Waals surface area contributed by atoms with Crippen LogP contribution in [-0.2, 0) is 11.3 Å². The zero-order valence-electron chi connectivity index (χ0n) is 8.64. The molecule has 2 heterocycles. The quantitative estimate of drug-likeness (QED) is 0.848. The fourth-order valence-corrected chi connectivity index (χ4v) is 2.79. The second kappa shape index (κ2) is 4.28. The minimum absolute atomic E-state index is 0.299. The molecule has 1 aliphatic heterocycles. The molecule has 0 radical (unpaired) electrons. The van der Waals surface area contributed by atoms with E-state index in [1.807, 2.05) is 18.0 Å². The van der Waals surface area contributed by atoms with E-state index < -0.39 is 5.97 Å². The number of aromatic nitrogens is 1. The van der Waals surface area contributed by atoms with E-state index in [2.05, 4.69) is 4.98 Å². The molecule has 0 aromatic carbocycles. The minimum Gasteiger partial charge on any atom is -0.480 e. The average molecular weight is 226 g/mol. The van der Waals surface area contributed by atoms with Crippen LogP contribution in [0.3, 0.4) is 0 Å². The van der Waals surface area contributed by atoms with Gasteiger partial charge in [-0.25, -0.2) is 4.98 Å². The highest BCUT2D eigenvalue weighted by Crippen LogP contribution is 2.22. The lowest BCUT2D eigenvalue weighted by Crippen LogP contribution is -2.35. The summed E-state index contributed by atoms with van der Waals surface area (Å²) in [6.07, 6.45) is 3.60. The molecule has 0 bridgehead atoms. The Morgan fingerprint density at radius 1 is 1.80 bits per heavy atom. The van der Waals surface area contributed by atoms with Crippen molar-refractivity contribution >= 4 is 17.3 Å². The summed E-state index contributed by atoms with van der Waals surface area (Å²) in [5.41, 5.74) is 0. The van der Waals surface area contributed by atoms with Gasteiger partial charge in [-0.3, -0.25) is 9.69 Å². The molecule has 82 valence electrons. The summed E-state index contributed by atoms with van der Waals surface area (Å²) in [6, 6.07) is -0.299. The largest absolute Gasteiger partial charge is 0.480 e. The van der Waals surface area contributed by atoms with Gasteiger partial charge in [-0.05, 0) is 26.3 Å². The Morgan fingerprint density at radius 3 is 3.20 bits per heavy atom. The van der Waals surface area contributed by atoms with Crippen LogP contribution in [-0.4, -0.2) is 33.5 Å². The summed E-state index contributed by atoms with van der Waals surface area (Å²) in [5.74, 6) is -0.700. The average Bonchev–Trinajstić information content (AvgIpc) is 2.75. The molecule has 1 aromatic rings. The number of nitrogens with zero attached hydrogens (tertiary/aromatic N) is 2. The first kappa shape index (κ1) is 10.6. The highest BCUT2D eigenvalue weighted by molar-refractivity contribution is 7.11. The van der Waals surface area contributed by atoms with Crippen LogP contribution < -0.4 is 0 Å². The van der Waals surface area contributed by atoms with Crippen LogP contribution >= 0.6 is 11.3 Å². The SMILES string of the molecule is Cc1ncc(CN2CCCC2C(=O)O)s1. The van der Waals surface area contributed by atoms with Crippen LogP contribution in [0.25, 0.3) is 0 Å². The number of aryl methyl sites for hydroxylation is 1. The van der Waals surface area contributed by atoms with Crippen molar-refractivity contribution in [2.75, 3.05) is 6.54 Å². The van der Waals surface area contributed by atoms with Gasteiger partial charge in [0.15, 0.2) is 0 Å². The van der Waals surface area contributed by atoms with E-state index in [1.165, 1.54) is 0 Å². The zero-order chi connectivity index (χ0) is 10.8. The third-order valence-corrected chi connectivity index (χ3v) is 3.57. The lowest BCUT2D eigenvalue weighted by molar-refractivity contribution is -0.142. The van der Waals surface area contributed by atoms with Gasteiger partial charge in [-0.2, -0.15) is 0 Å². The molecule has 4 nitrogen and oxygen atoms in total. The molecular weight excluding hydrogens is 212 g/mol. The molecule has 0 spiro atoms. The third kappa shape index (κ3) is 2.35. The fraction of sp³-hybridized carbons (Fsp3) is 0.600. The van der Waals surface area contributed by atoms with E-state index in [-0.39, 0.29) is 6.04 Å². The molecule has 1 atom stereocenters. The number of thiazole rings is 1. The Labute approximate surface area is 92.6 Å². The van der Waals surface area contributed by atoms with Crippen LogP contribution in [0.15, 0.2) is 6.20 Å². The number of carbonyl (C=O) groups is 1. The molecular formula is C10H14N2O2S. The van der Waals surface area contributed by atoms with Crippen molar-refractivity contribution in [1.29, 1.82) is 0 Å². The van der Waals surface area contributed by atoms with Crippen LogP contribution in [0.4, 0.5) is 0 Å². The summed E-state index contributed by atoms with van der Waals surface area (Å²) in [5, 5.41) is 10.1. The van der Waals surface area contributed by atoms with Crippen molar-refractivity contribution in [3.63, 3.8) is 0 Å². The Balaban J connectivity index is 2.02. The maximum atomic E-state index is 11.0. The van der Waals surface area contributed by atoms with Gasteiger partial charge in [0.1, 0.15) is 6.04 Å². The van der Waals surface area contributed by atoms with Crippen LogP contribution in [0.1, 0.15) is 22.7 Å². The minimum atomic E-state index is -0.700. The van der Waals surface area contributed by atoms with Gasteiger partial charge in [-0.1, -0.05) is 0 Å². The van der Waals surface area contributed by atoms with Crippen molar-refractivity contribution in [2.24, 2.45) is 0 Å². The van der Waals surface area contributed by atoms with Crippen molar-refractivity contribution in [3.8, 4) is 0 Å². The third-order valence-electron chi connectivity index (χ3n) is 2.68. The molecule has 1 N–H and O–H groups in total. The van der Waals surface area contributed by atoms with E-state index in [0.717, 1.165) is 35.8 Å². The second-order valence-corrected chi connectivity index (χ2v) is 5.13. The number of hydrogen-bond acceptors (Lipinski definition) is 4. The lowest BCUT2D eigenvalue weighted by atomic mass is 10.2. The maximum Gasteiger partial charge on any atom is 0.320 e. The molecule has 0 saturated carbocycles. The molecule has 1 fully saturated rings. The van der Waals surface area contributed by atoms with Gasteiger partial charge in [0.2, 0.25) is 0 Å². The van der Waals surface area contributed by atoms with E-state index >= 15 is 0 Å². The monoisotopic (exact) mass is 226 g/mol. The standard InChI is InChI=1S/C10H14N2O2S/c1-7-11-5-8(15-7)6-12-4-2-3-9(12)10(13)14/h5,9H,2-4,6H2,1H3,(H,13,14). The maximum absolute atomic E-state index is 11.0. The van der Waals surface area contributed by atoms with Crippen LogP contribution in [0.5, 0.6) is 0 Å². The molecule has 1 saturated heterocycles. The zero-order valence-corrected chi connectivity index (χ0v) is 9.46. The Morgan fingerprint density at radius 2 is 2.60 bits per heavy atom. The first-order valence-electron chi connectivity index (χ1n) is 5.05. The molecule has 0 aliphatic carbocycles. The predicted molar refractivity (Wildman–Crippen MR) is 57.9 cm³/mol. The molecule has 0 amide bonds. The van der Waals surface area contributed by atoms with Crippen molar-refractivity contribution in [3.05, 3.63) is 16.1 Å². The summed E-state index contributed by atoms with van der Waals surface area (Å²) in [6.45, 7) is 3.57. The van der Waals surface area contributed by atoms with E-state index in [9.17, 15) is 4.79 Å². The van der Waals surface area contributed by atoms with Crippen LogP contribution in [0.2, 0.25) is 0 Å². The molecule has 5 heteroatoms. The lowest BCUT2D eigenvalue weighted by Gasteiger charge is -2.19. The first-order chi connectivity index (χ1) is 7.16. The highest BCUT2D eigenvalue weighted by Gasteiger charge is 2.30. The Bertz CT molecular complexity index is 364. The van der Waals surface area contributed by atoms with Crippen molar-refractivity contribution < 1.29 is 9.90 Å². The van der Waals surface area contributed by atoms with E-state index in [1.54, 1.807) is 11.3 Å². The normalized spacial score (nSPS) is 22.1. The number of carboxylic acids is 1. The van der Waals surface area contributed by atoms with Gasteiger partial charge in [-0.15, -0.1) is 11.3 Å². The highest BCUT2D eigenvalue weighted by atomic mass is 32.1. The molecule has 1 aliphatic rings. The number of likely N-dealkylation sites (tertiary alicyclic amines) is 1. The number of carboxylic acid groups (broad SMARTS) is 1. The van der Waals surface area contributed by atoms with E-state index in [0.29, 0.717) is 0 Å². The van der Waals surface area contributed by atoms with Gasteiger partial charge in [0.05, 0.1) is 5.01 Å². The topological polar surface area (TPSA) is 53.4 Å². The van der Waals surface area contributed by atoms with Gasteiger partial charge < -0.3 is 5.11 Å². The Hall–Kier alpha value is -0.940. The van der Waals surface area contributed by atoms with Crippen molar-refractivity contribution in [2.45, 2.75) is 32.4 Å². The first-order valence-corrected chi connectivity index (χ1v) is 5.86. The molecule has 1 aromatic heterocycles. The van der Waals surface area contributed by atoms with Gasteiger partial charge in [0, 0.05) is 17.6 Å². The fourth-order valence-electron chi connectivity index (χ4n) is 1.97. The second-order valence-electron chi connectivity index (χ2n) is 3.81. The van der Waals surface area contributed by atoms with Crippen LogP contribution in [0, 0.1) is 6.92 Å².